The van der Waals surface area contributed by atoms with Crippen molar-refractivity contribution >= 4 is 28.8 Å². The first-order valence-corrected chi connectivity index (χ1v) is 13.5. The summed E-state index contributed by atoms with van der Waals surface area (Å²) in [4.78, 5) is 37.1. The molecule has 0 radical (unpaired) electrons. The van der Waals surface area contributed by atoms with E-state index in [1.165, 1.54) is 29.5 Å². The molecule has 0 aliphatic carbocycles. The molecule has 2 aromatic heterocycles. The highest BCUT2D eigenvalue weighted by molar-refractivity contribution is 6.10. The van der Waals surface area contributed by atoms with Crippen molar-refractivity contribution in [3.8, 4) is 0 Å². The van der Waals surface area contributed by atoms with Crippen molar-refractivity contribution in [3.05, 3.63) is 53.5 Å². The highest BCUT2D eigenvalue weighted by Gasteiger charge is 2.41. The molecular weight excluding hydrogens is 517 g/mol. The van der Waals surface area contributed by atoms with Crippen LogP contribution in [0.5, 0.6) is 0 Å². The first-order valence-electron chi connectivity index (χ1n) is 13.5. The number of hydrogen-bond acceptors (Lipinski definition) is 8. The molecule has 12 heteroatoms. The summed E-state index contributed by atoms with van der Waals surface area (Å²) in [6, 6.07) is 5.35. The van der Waals surface area contributed by atoms with Gasteiger partial charge in [-0.15, -0.1) is 0 Å². The van der Waals surface area contributed by atoms with Crippen LogP contribution in [-0.4, -0.2) is 105 Å². The van der Waals surface area contributed by atoms with Gasteiger partial charge in [0.25, 0.3) is 11.8 Å². The van der Waals surface area contributed by atoms with Crippen LogP contribution < -0.4 is 10.2 Å². The van der Waals surface area contributed by atoms with E-state index in [1.807, 2.05) is 12.1 Å². The van der Waals surface area contributed by atoms with E-state index in [2.05, 4.69) is 32.1 Å². The molecule has 2 saturated heterocycles. The molecule has 6 rings (SSSR count). The van der Waals surface area contributed by atoms with Gasteiger partial charge >= 0.3 is 0 Å². The fourth-order valence-corrected chi connectivity index (χ4v) is 5.58. The van der Waals surface area contributed by atoms with Gasteiger partial charge in [-0.3, -0.25) is 14.5 Å². The van der Waals surface area contributed by atoms with Crippen molar-refractivity contribution in [3.63, 3.8) is 0 Å². The van der Waals surface area contributed by atoms with Gasteiger partial charge in [-0.25, -0.2) is 13.9 Å². The number of hydrogen-bond donors (Lipinski definition) is 2. The SMILES string of the molecule is CC(C)(O)C(F)CN1Cc2cc(NC(=O)c3cnn4cccnc34)c(N3CCN(C4(C)COC4)CC3)cc2C1=O. The monoisotopic (exact) mass is 551 g/mol. The molecule has 0 bridgehead atoms. The van der Waals surface area contributed by atoms with E-state index < -0.39 is 11.8 Å². The molecule has 11 nitrogen and oxygen atoms in total. The van der Waals surface area contributed by atoms with Gasteiger partial charge in [-0.2, -0.15) is 5.10 Å². The van der Waals surface area contributed by atoms with Crippen LogP contribution in [0.15, 0.2) is 36.8 Å². The van der Waals surface area contributed by atoms with E-state index >= 15 is 0 Å². The van der Waals surface area contributed by atoms with E-state index in [1.54, 1.807) is 18.5 Å². The highest BCUT2D eigenvalue weighted by atomic mass is 19.1. The number of fused-ring (bicyclic) bond motifs is 2. The Hall–Kier alpha value is -3.61. The molecule has 2 fully saturated rings. The van der Waals surface area contributed by atoms with Gasteiger partial charge in [-0.05, 0) is 44.5 Å². The van der Waals surface area contributed by atoms with E-state index in [-0.39, 0.29) is 30.4 Å². The second-order valence-electron chi connectivity index (χ2n) is 11.7. The third-order valence-electron chi connectivity index (χ3n) is 8.23. The zero-order valence-electron chi connectivity index (χ0n) is 22.9. The van der Waals surface area contributed by atoms with Crippen LogP contribution in [0.25, 0.3) is 5.65 Å². The molecule has 0 spiro atoms. The van der Waals surface area contributed by atoms with Crippen molar-refractivity contribution in [1.29, 1.82) is 0 Å². The summed E-state index contributed by atoms with van der Waals surface area (Å²) in [6.45, 7) is 9.43. The average Bonchev–Trinajstić information content (AvgIpc) is 3.47. The topological polar surface area (TPSA) is 116 Å². The van der Waals surface area contributed by atoms with Crippen molar-refractivity contribution in [2.24, 2.45) is 0 Å². The van der Waals surface area contributed by atoms with Crippen molar-refractivity contribution in [1.82, 2.24) is 24.4 Å². The van der Waals surface area contributed by atoms with Gasteiger partial charge in [0, 0.05) is 50.7 Å². The molecule has 3 aliphatic heterocycles. The number of amides is 2. The lowest BCUT2D eigenvalue weighted by molar-refractivity contribution is -0.131. The number of nitrogens with zero attached hydrogens (tertiary/aromatic N) is 6. The maximum atomic E-state index is 14.7. The third-order valence-corrected chi connectivity index (χ3v) is 8.23. The Balaban J connectivity index is 1.30. The van der Waals surface area contributed by atoms with Crippen molar-refractivity contribution in [2.75, 3.05) is 56.2 Å². The highest BCUT2D eigenvalue weighted by Crippen LogP contribution is 2.37. The minimum Gasteiger partial charge on any atom is -0.387 e. The van der Waals surface area contributed by atoms with E-state index in [0.717, 1.165) is 18.8 Å². The predicted octanol–water partition coefficient (Wildman–Crippen LogP) is 1.96. The molecule has 3 aliphatic rings. The number of aromatic nitrogens is 3. The lowest BCUT2D eigenvalue weighted by atomic mass is 9.96. The minimum absolute atomic E-state index is 0.0391. The van der Waals surface area contributed by atoms with Crippen LogP contribution >= 0.6 is 0 Å². The standard InChI is InChI=1S/C28H34FN7O4/c1-27(2,39)23(29)15-34-14-18-11-21(32-25(37)20-13-31-36-6-4-5-30-24(20)36)22(12-19(18)26(34)38)33-7-9-35(10-8-33)28(3)16-40-17-28/h4-6,11-13,23,39H,7-10,14-17H2,1-3H3,(H,32,37). The number of carbonyl (C=O) groups is 2. The summed E-state index contributed by atoms with van der Waals surface area (Å²) in [5.74, 6) is -0.648. The van der Waals surface area contributed by atoms with Crippen LogP contribution in [0.4, 0.5) is 15.8 Å². The van der Waals surface area contributed by atoms with Crippen LogP contribution in [0.1, 0.15) is 47.1 Å². The molecule has 1 aromatic carbocycles. The third kappa shape index (κ3) is 4.69. The first-order chi connectivity index (χ1) is 19.0. The fourth-order valence-electron chi connectivity index (χ4n) is 5.58. The number of alkyl halides is 1. The predicted molar refractivity (Wildman–Crippen MR) is 146 cm³/mol. The summed E-state index contributed by atoms with van der Waals surface area (Å²) >= 11 is 0. The second kappa shape index (κ2) is 9.79. The largest absolute Gasteiger partial charge is 0.387 e. The Morgan fingerprint density at radius 1 is 1.25 bits per heavy atom. The normalized spacial score (nSPS) is 20.0. The van der Waals surface area contributed by atoms with Gasteiger partial charge < -0.3 is 25.0 Å². The number of rotatable bonds is 7. The van der Waals surface area contributed by atoms with Gasteiger partial charge in [0.1, 0.15) is 11.7 Å². The Morgan fingerprint density at radius 2 is 2.00 bits per heavy atom. The molecule has 212 valence electrons. The molecule has 1 atom stereocenters. The first kappa shape index (κ1) is 26.6. The fraction of sp³-hybridized carbons (Fsp3) is 0.500. The lowest BCUT2D eigenvalue weighted by Gasteiger charge is -2.50. The summed E-state index contributed by atoms with van der Waals surface area (Å²) in [5.41, 5.74) is 1.73. The number of ether oxygens (including phenoxy) is 1. The average molecular weight is 552 g/mol. The van der Waals surface area contributed by atoms with Crippen LogP contribution in [0.3, 0.4) is 0 Å². The maximum Gasteiger partial charge on any atom is 0.261 e. The summed E-state index contributed by atoms with van der Waals surface area (Å²) < 4.78 is 21.7. The Kier molecular flexibility index (Phi) is 6.51. The number of aliphatic hydroxyl groups is 1. The number of carbonyl (C=O) groups excluding carboxylic acids is 2. The lowest BCUT2D eigenvalue weighted by Crippen LogP contribution is -2.64. The molecule has 40 heavy (non-hydrogen) atoms. The van der Waals surface area contributed by atoms with Crippen LogP contribution in [0.2, 0.25) is 0 Å². The van der Waals surface area contributed by atoms with Crippen LogP contribution in [-0.2, 0) is 11.3 Å². The summed E-state index contributed by atoms with van der Waals surface area (Å²) in [7, 11) is 0. The zero-order chi connectivity index (χ0) is 28.2. The summed E-state index contributed by atoms with van der Waals surface area (Å²) in [5, 5.41) is 17.3. The van der Waals surface area contributed by atoms with Gasteiger partial charge in [0.15, 0.2) is 5.65 Å². The quantitative estimate of drug-likeness (QED) is 0.458. The number of benzene rings is 1. The molecule has 0 saturated carbocycles. The van der Waals surface area contributed by atoms with Gasteiger partial charge in [-0.1, -0.05) is 0 Å². The molecule has 3 aromatic rings. The van der Waals surface area contributed by atoms with E-state index in [9.17, 15) is 19.1 Å². The second-order valence-corrected chi connectivity index (χ2v) is 11.7. The van der Waals surface area contributed by atoms with Crippen molar-refractivity contribution < 1.29 is 23.8 Å². The molecular formula is C28H34FN7O4. The Labute approximate surface area is 231 Å². The molecule has 5 heterocycles. The smallest absolute Gasteiger partial charge is 0.261 e. The Morgan fingerprint density at radius 3 is 2.67 bits per heavy atom. The molecule has 2 amide bonds. The number of anilines is 2. The summed E-state index contributed by atoms with van der Waals surface area (Å²) in [6.07, 6.45) is 3.21. The zero-order valence-corrected chi connectivity index (χ0v) is 22.9. The molecule has 1 unspecified atom stereocenters. The van der Waals surface area contributed by atoms with Crippen LogP contribution in [0, 0.1) is 0 Å². The number of piperazine rings is 1. The minimum atomic E-state index is -1.60. The number of halogens is 1. The molecule has 2 N–H and O–H groups in total. The maximum absolute atomic E-state index is 14.7. The van der Waals surface area contributed by atoms with Gasteiger partial charge in [0.2, 0.25) is 0 Å². The van der Waals surface area contributed by atoms with Gasteiger partial charge in [0.05, 0.1) is 48.5 Å². The van der Waals surface area contributed by atoms with E-state index in [4.69, 9.17) is 4.74 Å². The Bertz CT molecular complexity index is 1460. The number of nitrogens with one attached hydrogen (secondary N) is 1. The van der Waals surface area contributed by atoms with E-state index in [0.29, 0.717) is 54.3 Å². The van der Waals surface area contributed by atoms with Crippen molar-refractivity contribution in [2.45, 2.75) is 44.6 Å².